The lowest BCUT2D eigenvalue weighted by molar-refractivity contribution is 0.101. The van der Waals surface area contributed by atoms with Crippen LogP contribution in [0.5, 0.6) is 0 Å². The summed E-state index contributed by atoms with van der Waals surface area (Å²) >= 11 is 0. The van der Waals surface area contributed by atoms with Crippen molar-refractivity contribution >= 4 is 11.6 Å². The number of amides is 1. The summed E-state index contributed by atoms with van der Waals surface area (Å²) in [5.74, 6) is -3.34. The number of aromatic nitrogens is 2. The third kappa shape index (κ3) is 3.49. The Hall–Kier alpha value is -3.42. The number of carbonyl (C=O) groups excluding carboxylic acids is 1. The number of hydrogen-bond donors (Lipinski definition) is 1. The van der Waals surface area contributed by atoms with E-state index in [4.69, 9.17) is 0 Å². The molecule has 132 valence electrons. The van der Waals surface area contributed by atoms with Crippen LogP contribution in [0.25, 0.3) is 5.69 Å². The van der Waals surface area contributed by atoms with Crippen LogP contribution < -0.4 is 10.7 Å². The number of benzene rings is 2. The number of carbonyl (C=O) groups is 1. The minimum Gasteiger partial charge on any atom is -0.320 e. The van der Waals surface area contributed by atoms with E-state index in [1.54, 1.807) is 6.07 Å². The molecule has 0 aliphatic rings. The topological polar surface area (TPSA) is 64.0 Å². The van der Waals surface area contributed by atoms with Gasteiger partial charge in [-0.25, -0.2) is 17.9 Å². The van der Waals surface area contributed by atoms with Gasteiger partial charge in [0.15, 0.2) is 5.69 Å². The molecule has 0 spiro atoms. The van der Waals surface area contributed by atoms with E-state index in [2.05, 4.69) is 10.4 Å². The first kappa shape index (κ1) is 17.4. The molecular formula is C18H12F3N3O2. The number of nitrogens with zero attached hydrogens (tertiary/aromatic N) is 2. The van der Waals surface area contributed by atoms with Crippen LogP contribution in [0.3, 0.4) is 0 Å². The van der Waals surface area contributed by atoms with Crippen LogP contribution in [0.15, 0.2) is 53.3 Å². The van der Waals surface area contributed by atoms with Gasteiger partial charge >= 0.3 is 0 Å². The molecule has 0 atom stereocenters. The van der Waals surface area contributed by atoms with Gasteiger partial charge < -0.3 is 5.32 Å². The van der Waals surface area contributed by atoms with Crippen LogP contribution in [0.4, 0.5) is 18.9 Å². The Kier molecular flexibility index (Phi) is 4.57. The summed E-state index contributed by atoms with van der Waals surface area (Å²) in [5.41, 5.74) is -1.05. The molecule has 8 heteroatoms. The maximum atomic E-state index is 14.0. The van der Waals surface area contributed by atoms with Crippen molar-refractivity contribution in [1.29, 1.82) is 0 Å². The normalized spacial score (nSPS) is 10.6. The summed E-state index contributed by atoms with van der Waals surface area (Å²) in [4.78, 5) is 24.4. The van der Waals surface area contributed by atoms with E-state index in [9.17, 15) is 22.8 Å². The lowest BCUT2D eigenvalue weighted by Crippen LogP contribution is -2.27. The average Bonchev–Trinajstić information content (AvgIpc) is 2.55. The Morgan fingerprint density at radius 2 is 1.69 bits per heavy atom. The van der Waals surface area contributed by atoms with Gasteiger partial charge in [0.1, 0.15) is 23.1 Å². The zero-order valence-electron chi connectivity index (χ0n) is 13.5. The van der Waals surface area contributed by atoms with Gasteiger partial charge in [-0.2, -0.15) is 5.10 Å². The summed E-state index contributed by atoms with van der Waals surface area (Å²) < 4.78 is 41.6. The highest BCUT2D eigenvalue weighted by Gasteiger charge is 2.17. The smallest absolute Gasteiger partial charge is 0.280 e. The number of hydrogen-bond acceptors (Lipinski definition) is 3. The first-order chi connectivity index (χ1) is 12.3. The molecule has 1 N–H and O–H groups in total. The van der Waals surface area contributed by atoms with Crippen molar-refractivity contribution in [2.24, 2.45) is 0 Å². The number of rotatable bonds is 3. The summed E-state index contributed by atoms with van der Waals surface area (Å²) in [6.07, 6.45) is 0. The van der Waals surface area contributed by atoms with Gasteiger partial charge in [-0.05, 0) is 31.2 Å². The monoisotopic (exact) mass is 359 g/mol. The first-order valence-electron chi connectivity index (χ1n) is 7.48. The molecule has 5 nitrogen and oxygen atoms in total. The van der Waals surface area contributed by atoms with Gasteiger partial charge in [0.25, 0.3) is 5.91 Å². The zero-order chi connectivity index (χ0) is 18.8. The molecule has 2 aromatic carbocycles. The Labute approximate surface area is 145 Å². The molecule has 1 amide bonds. The molecule has 0 bridgehead atoms. The number of nitrogens with one attached hydrogen (secondary N) is 1. The van der Waals surface area contributed by atoms with Gasteiger partial charge in [0.2, 0.25) is 5.43 Å². The fourth-order valence-corrected chi connectivity index (χ4v) is 2.39. The van der Waals surface area contributed by atoms with Crippen molar-refractivity contribution in [2.45, 2.75) is 6.92 Å². The molecule has 0 radical (unpaired) electrons. The molecular weight excluding hydrogens is 347 g/mol. The Balaban J connectivity index is 2.02. The van der Waals surface area contributed by atoms with Gasteiger partial charge in [0, 0.05) is 23.5 Å². The summed E-state index contributed by atoms with van der Waals surface area (Å²) in [6.45, 7) is 1.53. The van der Waals surface area contributed by atoms with Crippen LogP contribution >= 0.6 is 0 Å². The predicted molar refractivity (Wildman–Crippen MR) is 88.8 cm³/mol. The minimum absolute atomic E-state index is 0.0517. The zero-order valence-corrected chi connectivity index (χ0v) is 13.5. The number of para-hydroxylation sites is 1. The number of aryl methyl sites for hydroxylation is 1. The molecule has 1 aromatic heterocycles. The van der Waals surface area contributed by atoms with Crippen LogP contribution in [0, 0.1) is 24.4 Å². The molecule has 1 heterocycles. The third-order valence-corrected chi connectivity index (χ3v) is 3.52. The highest BCUT2D eigenvalue weighted by molar-refractivity contribution is 6.02. The number of anilines is 1. The largest absolute Gasteiger partial charge is 0.320 e. The van der Waals surface area contributed by atoms with E-state index < -0.39 is 34.5 Å². The van der Waals surface area contributed by atoms with E-state index in [1.165, 1.54) is 25.1 Å². The SMILES string of the molecule is Cc1cc(=O)c(C(=O)Nc2cc(F)cc(F)c2)nn1-c1ccccc1F. The van der Waals surface area contributed by atoms with Crippen LogP contribution in [-0.4, -0.2) is 15.7 Å². The Morgan fingerprint density at radius 1 is 1.04 bits per heavy atom. The van der Waals surface area contributed by atoms with Gasteiger partial charge in [-0.3, -0.25) is 9.59 Å². The van der Waals surface area contributed by atoms with Crippen LogP contribution in [0.1, 0.15) is 16.2 Å². The van der Waals surface area contributed by atoms with E-state index >= 15 is 0 Å². The van der Waals surface area contributed by atoms with Crippen molar-refractivity contribution in [3.05, 3.63) is 87.6 Å². The predicted octanol–water partition coefficient (Wildman–Crippen LogP) is 3.21. The van der Waals surface area contributed by atoms with E-state index in [0.717, 1.165) is 22.9 Å². The maximum absolute atomic E-state index is 14.0. The second-order valence-corrected chi connectivity index (χ2v) is 5.47. The first-order valence-corrected chi connectivity index (χ1v) is 7.48. The molecule has 0 unspecified atom stereocenters. The Morgan fingerprint density at radius 3 is 2.35 bits per heavy atom. The average molecular weight is 359 g/mol. The molecule has 0 fully saturated rings. The fraction of sp³-hybridized carbons (Fsp3) is 0.0556. The van der Waals surface area contributed by atoms with Gasteiger partial charge in [-0.1, -0.05) is 12.1 Å². The van der Waals surface area contributed by atoms with Crippen molar-refractivity contribution in [3.63, 3.8) is 0 Å². The Bertz CT molecular complexity index is 1040. The van der Waals surface area contributed by atoms with Crippen LogP contribution in [-0.2, 0) is 0 Å². The summed E-state index contributed by atoms with van der Waals surface area (Å²) in [7, 11) is 0. The molecule has 0 saturated carbocycles. The lowest BCUT2D eigenvalue weighted by Gasteiger charge is -2.12. The van der Waals surface area contributed by atoms with Crippen molar-refractivity contribution in [1.82, 2.24) is 9.78 Å². The van der Waals surface area contributed by atoms with E-state index in [0.29, 0.717) is 11.8 Å². The van der Waals surface area contributed by atoms with E-state index in [1.807, 2.05) is 0 Å². The van der Waals surface area contributed by atoms with Gasteiger partial charge in [-0.15, -0.1) is 0 Å². The maximum Gasteiger partial charge on any atom is 0.280 e. The van der Waals surface area contributed by atoms with E-state index in [-0.39, 0.29) is 11.4 Å². The number of halogens is 3. The fourth-order valence-electron chi connectivity index (χ4n) is 2.39. The van der Waals surface area contributed by atoms with Crippen molar-refractivity contribution in [3.8, 4) is 5.69 Å². The van der Waals surface area contributed by atoms with Crippen molar-refractivity contribution in [2.75, 3.05) is 5.32 Å². The van der Waals surface area contributed by atoms with Gasteiger partial charge in [0.05, 0.1) is 0 Å². The lowest BCUT2D eigenvalue weighted by atomic mass is 10.2. The second kappa shape index (κ2) is 6.83. The molecule has 0 aliphatic heterocycles. The summed E-state index contributed by atoms with van der Waals surface area (Å²) in [5, 5.41) is 6.11. The molecule has 26 heavy (non-hydrogen) atoms. The van der Waals surface area contributed by atoms with Crippen LogP contribution in [0.2, 0.25) is 0 Å². The third-order valence-electron chi connectivity index (χ3n) is 3.52. The molecule has 0 saturated heterocycles. The standard InChI is InChI=1S/C18H12F3N3O2/c1-10-6-16(25)17(23-24(10)15-5-3-2-4-14(15)21)18(26)22-13-8-11(19)7-12(20)9-13/h2-9H,1H3,(H,22,26). The molecule has 3 rings (SSSR count). The van der Waals surface area contributed by atoms with Crippen molar-refractivity contribution < 1.29 is 18.0 Å². The molecule has 3 aromatic rings. The second-order valence-electron chi connectivity index (χ2n) is 5.47. The highest BCUT2D eigenvalue weighted by Crippen LogP contribution is 2.15. The molecule has 0 aliphatic carbocycles. The quantitative estimate of drug-likeness (QED) is 0.781. The highest BCUT2D eigenvalue weighted by atomic mass is 19.1. The minimum atomic E-state index is -0.968. The summed E-state index contributed by atoms with van der Waals surface area (Å²) in [6, 6.07) is 9.27.